The Kier molecular flexibility index (Phi) is 7.65. The molecule has 1 aliphatic heterocycles. The van der Waals surface area contributed by atoms with Gasteiger partial charge in [-0.1, -0.05) is 24.3 Å². The minimum absolute atomic E-state index is 0.0294. The van der Waals surface area contributed by atoms with Gasteiger partial charge in [-0.3, -0.25) is 14.5 Å². The Hall–Kier alpha value is -2.75. The molecule has 0 radical (unpaired) electrons. The van der Waals surface area contributed by atoms with Crippen LogP contribution in [0.15, 0.2) is 53.4 Å². The molecule has 0 unspecified atom stereocenters. The second kappa shape index (κ2) is 10.2. The Morgan fingerprint density at radius 1 is 1.03 bits per heavy atom. The molecule has 1 amide bonds. The molecule has 0 atom stereocenters. The highest BCUT2D eigenvalue weighted by Crippen LogP contribution is 2.19. The maximum absolute atomic E-state index is 12.9. The number of ketones is 1. The van der Waals surface area contributed by atoms with Crippen LogP contribution in [-0.2, 0) is 21.4 Å². The van der Waals surface area contributed by atoms with Gasteiger partial charge in [0, 0.05) is 38.3 Å². The SMILES string of the molecule is COc1cccc(CN(C)CC(=O)N2CCN(S(=O)(=O)c3ccc(C(C)=O)cc3)CC2)c1. The van der Waals surface area contributed by atoms with Gasteiger partial charge >= 0.3 is 0 Å². The molecule has 172 valence electrons. The van der Waals surface area contributed by atoms with Gasteiger partial charge in [0.05, 0.1) is 18.6 Å². The van der Waals surface area contributed by atoms with Crippen LogP contribution >= 0.6 is 0 Å². The predicted molar refractivity (Wildman–Crippen MR) is 121 cm³/mol. The summed E-state index contributed by atoms with van der Waals surface area (Å²) in [4.78, 5) is 27.9. The van der Waals surface area contributed by atoms with E-state index in [0.29, 0.717) is 25.2 Å². The normalized spacial score (nSPS) is 15.1. The smallest absolute Gasteiger partial charge is 0.243 e. The Morgan fingerprint density at radius 3 is 2.28 bits per heavy atom. The maximum atomic E-state index is 12.9. The summed E-state index contributed by atoms with van der Waals surface area (Å²) >= 11 is 0. The summed E-state index contributed by atoms with van der Waals surface area (Å²) in [5, 5.41) is 0. The lowest BCUT2D eigenvalue weighted by atomic mass is 10.2. The van der Waals surface area contributed by atoms with Crippen LogP contribution in [0.4, 0.5) is 0 Å². The highest BCUT2D eigenvalue weighted by atomic mass is 32.2. The van der Waals surface area contributed by atoms with Gasteiger partial charge in [-0.05, 0) is 43.8 Å². The number of nitrogens with zero attached hydrogens (tertiary/aromatic N) is 3. The van der Waals surface area contributed by atoms with Crippen molar-refractivity contribution >= 4 is 21.7 Å². The summed E-state index contributed by atoms with van der Waals surface area (Å²) in [6, 6.07) is 13.7. The van der Waals surface area contributed by atoms with Crippen molar-refractivity contribution in [1.29, 1.82) is 0 Å². The largest absolute Gasteiger partial charge is 0.497 e. The Balaban J connectivity index is 1.54. The molecule has 2 aromatic carbocycles. The summed E-state index contributed by atoms with van der Waals surface area (Å²) < 4.78 is 32.4. The lowest BCUT2D eigenvalue weighted by molar-refractivity contribution is -0.133. The van der Waals surface area contributed by atoms with E-state index in [1.807, 2.05) is 36.2 Å². The molecule has 3 rings (SSSR count). The first-order chi connectivity index (χ1) is 15.2. The van der Waals surface area contributed by atoms with E-state index in [9.17, 15) is 18.0 Å². The molecule has 0 saturated carbocycles. The number of ether oxygens (including phenoxy) is 1. The van der Waals surface area contributed by atoms with Crippen LogP contribution in [0.2, 0.25) is 0 Å². The zero-order chi connectivity index (χ0) is 23.3. The molecule has 1 saturated heterocycles. The van der Waals surface area contributed by atoms with E-state index in [4.69, 9.17) is 4.74 Å². The molecule has 1 aliphatic rings. The lowest BCUT2D eigenvalue weighted by Gasteiger charge is -2.34. The van der Waals surface area contributed by atoms with E-state index < -0.39 is 10.0 Å². The third-order valence-corrected chi connectivity index (χ3v) is 7.39. The van der Waals surface area contributed by atoms with Crippen LogP contribution < -0.4 is 4.74 Å². The van der Waals surface area contributed by atoms with E-state index >= 15 is 0 Å². The monoisotopic (exact) mass is 459 g/mol. The number of rotatable bonds is 8. The van der Waals surface area contributed by atoms with E-state index in [2.05, 4.69) is 0 Å². The number of carbonyl (C=O) groups is 2. The predicted octanol–water partition coefficient (Wildman–Crippen LogP) is 1.86. The minimum atomic E-state index is -3.66. The van der Waals surface area contributed by atoms with Crippen molar-refractivity contribution < 1.29 is 22.7 Å². The molecule has 8 nitrogen and oxygen atoms in total. The first kappa shape index (κ1) is 23.9. The van der Waals surface area contributed by atoms with Gasteiger partial charge in [0.2, 0.25) is 15.9 Å². The van der Waals surface area contributed by atoms with Gasteiger partial charge in [0.15, 0.2) is 5.78 Å². The van der Waals surface area contributed by atoms with Crippen LogP contribution in [0.5, 0.6) is 5.75 Å². The van der Waals surface area contributed by atoms with E-state index in [-0.39, 0.29) is 36.2 Å². The Bertz CT molecular complexity index is 1060. The van der Waals surface area contributed by atoms with Gasteiger partial charge < -0.3 is 9.64 Å². The first-order valence-electron chi connectivity index (χ1n) is 10.4. The summed E-state index contributed by atoms with van der Waals surface area (Å²) in [5.74, 6) is 0.631. The molecule has 0 bridgehead atoms. The van der Waals surface area contributed by atoms with Crippen molar-refractivity contribution in [2.24, 2.45) is 0 Å². The Morgan fingerprint density at radius 2 is 1.69 bits per heavy atom. The molecule has 0 N–H and O–H groups in total. The number of piperazine rings is 1. The van der Waals surface area contributed by atoms with E-state index in [0.717, 1.165) is 11.3 Å². The topological polar surface area (TPSA) is 87.2 Å². The van der Waals surface area contributed by atoms with Gasteiger partial charge in [-0.15, -0.1) is 0 Å². The molecule has 0 spiro atoms. The van der Waals surface area contributed by atoms with Crippen LogP contribution in [-0.4, -0.2) is 81.1 Å². The van der Waals surface area contributed by atoms with Crippen LogP contribution in [0, 0.1) is 0 Å². The minimum Gasteiger partial charge on any atom is -0.497 e. The molecule has 2 aromatic rings. The molecule has 9 heteroatoms. The third kappa shape index (κ3) is 5.73. The number of sulfonamides is 1. The Labute approximate surface area is 189 Å². The quantitative estimate of drug-likeness (QED) is 0.560. The van der Waals surface area contributed by atoms with E-state index in [1.165, 1.54) is 35.5 Å². The summed E-state index contributed by atoms with van der Waals surface area (Å²) in [6.45, 7) is 3.45. The third-order valence-electron chi connectivity index (χ3n) is 5.48. The van der Waals surface area contributed by atoms with E-state index in [1.54, 1.807) is 12.0 Å². The number of carbonyl (C=O) groups excluding carboxylic acids is 2. The number of Topliss-reactive ketones (excluding diaryl/α,β-unsaturated/α-hetero) is 1. The van der Waals surface area contributed by atoms with Gasteiger partial charge in [0.25, 0.3) is 0 Å². The van der Waals surface area contributed by atoms with Crippen molar-refractivity contribution in [1.82, 2.24) is 14.1 Å². The number of hydrogen-bond acceptors (Lipinski definition) is 6. The highest BCUT2D eigenvalue weighted by Gasteiger charge is 2.30. The number of methoxy groups -OCH3 is 1. The maximum Gasteiger partial charge on any atom is 0.243 e. The second-order valence-electron chi connectivity index (χ2n) is 7.89. The number of hydrogen-bond donors (Lipinski definition) is 0. The van der Waals surface area contributed by atoms with Crippen LogP contribution in [0.25, 0.3) is 0 Å². The molecular formula is C23H29N3O5S. The fourth-order valence-electron chi connectivity index (χ4n) is 3.66. The van der Waals surface area contributed by atoms with Gasteiger partial charge in [-0.25, -0.2) is 8.42 Å². The standard InChI is InChI=1S/C23H29N3O5S/c1-18(27)20-7-9-22(10-8-20)32(29,30)26-13-11-25(12-14-26)23(28)17-24(2)16-19-5-4-6-21(15-19)31-3/h4-10,15H,11-14,16-17H2,1-3H3. The molecule has 0 aliphatic carbocycles. The van der Waals surface area contributed by atoms with Crippen molar-refractivity contribution in [3.63, 3.8) is 0 Å². The highest BCUT2D eigenvalue weighted by molar-refractivity contribution is 7.89. The lowest BCUT2D eigenvalue weighted by Crippen LogP contribution is -2.52. The van der Waals surface area contributed by atoms with Crippen LogP contribution in [0.1, 0.15) is 22.8 Å². The van der Waals surface area contributed by atoms with Gasteiger partial charge in [-0.2, -0.15) is 4.31 Å². The van der Waals surface area contributed by atoms with Crippen molar-refractivity contribution in [3.05, 3.63) is 59.7 Å². The fourth-order valence-corrected chi connectivity index (χ4v) is 5.08. The average molecular weight is 460 g/mol. The van der Waals surface area contributed by atoms with Crippen molar-refractivity contribution in [3.8, 4) is 5.75 Å². The van der Waals surface area contributed by atoms with Crippen molar-refractivity contribution in [2.45, 2.75) is 18.4 Å². The zero-order valence-electron chi connectivity index (χ0n) is 18.7. The number of likely N-dealkylation sites (N-methyl/N-ethyl adjacent to an activating group) is 1. The second-order valence-corrected chi connectivity index (χ2v) is 9.83. The zero-order valence-corrected chi connectivity index (χ0v) is 19.5. The number of benzene rings is 2. The molecule has 1 fully saturated rings. The molecule has 1 heterocycles. The van der Waals surface area contributed by atoms with Crippen LogP contribution in [0.3, 0.4) is 0 Å². The number of amides is 1. The average Bonchev–Trinajstić information content (AvgIpc) is 2.79. The first-order valence-corrected chi connectivity index (χ1v) is 11.8. The summed E-state index contributed by atoms with van der Waals surface area (Å²) in [7, 11) is -0.166. The molecule has 0 aromatic heterocycles. The van der Waals surface area contributed by atoms with Crippen molar-refractivity contribution in [2.75, 3.05) is 46.9 Å². The summed E-state index contributed by atoms with van der Waals surface area (Å²) in [5.41, 5.74) is 1.52. The van der Waals surface area contributed by atoms with Gasteiger partial charge in [0.1, 0.15) is 5.75 Å². The summed E-state index contributed by atoms with van der Waals surface area (Å²) in [6.07, 6.45) is 0. The molecular weight excluding hydrogens is 430 g/mol. The molecule has 32 heavy (non-hydrogen) atoms. The fraction of sp³-hybridized carbons (Fsp3) is 0.391.